The number of amides is 1. The van der Waals surface area contributed by atoms with Gasteiger partial charge in [-0.25, -0.2) is 0 Å². The van der Waals surface area contributed by atoms with Crippen molar-refractivity contribution in [2.24, 2.45) is 0 Å². The number of carbonyl (C=O) groups is 1. The number of ether oxygens (including phenoxy) is 1. The Morgan fingerprint density at radius 2 is 2.07 bits per heavy atom. The normalized spacial score (nSPS) is 10.1. The van der Waals surface area contributed by atoms with Crippen LogP contribution in [0.1, 0.15) is 26.2 Å². The zero-order chi connectivity index (χ0) is 10.6. The molecule has 84 valence electrons. The van der Waals surface area contributed by atoms with Crippen LogP contribution in [0.4, 0.5) is 0 Å². The van der Waals surface area contributed by atoms with Gasteiger partial charge in [-0.15, -0.1) is 0 Å². The lowest BCUT2D eigenvalue weighted by atomic mass is 10.3. The molecule has 0 fully saturated rings. The molecule has 0 aromatic rings. The molecule has 0 saturated carbocycles. The Hall–Kier alpha value is -0.610. The molecule has 0 aliphatic rings. The minimum atomic E-state index is 0.0795. The number of carbonyl (C=O) groups excluding carboxylic acids is 1. The van der Waals surface area contributed by atoms with E-state index in [0.717, 1.165) is 39.0 Å². The topological polar surface area (TPSA) is 50.4 Å². The maximum Gasteiger partial charge on any atom is 0.233 e. The molecule has 0 unspecified atom stereocenters. The fourth-order valence-corrected chi connectivity index (χ4v) is 1.04. The Morgan fingerprint density at radius 1 is 1.29 bits per heavy atom. The van der Waals surface area contributed by atoms with Crippen molar-refractivity contribution in [1.29, 1.82) is 0 Å². The highest BCUT2D eigenvalue weighted by Gasteiger charge is 1.97. The van der Waals surface area contributed by atoms with Gasteiger partial charge in [-0.05, 0) is 25.8 Å². The molecule has 0 aliphatic carbocycles. The fourth-order valence-electron chi connectivity index (χ4n) is 1.04. The smallest absolute Gasteiger partial charge is 0.233 e. The van der Waals surface area contributed by atoms with E-state index in [9.17, 15) is 4.79 Å². The lowest BCUT2D eigenvalue weighted by molar-refractivity contribution is -0.120. The van der Waals surface area contributed by atoms with E-state index in [-0.39, 0.29) is 5.91 Å². The summed E-state index contributed by atoms with van der Waals surface area (Å²) in [6.45, 7) is 4.92. The third kappa shape index (κ3) is 9.48. The molecular formula is C10H22N2O2. The van der Waals surface area contributed by atoms with E-state index in [2.05, 4.69) is 17.6 Å². The van der Waals surface area contributed by atoms with E-state index in [4.69, 9.17) is 4.74 Å². The highest BCUT2D eigenvalue weighted by Crippen LogP contribution is 1.86. The van der Waals surface area contributed by atoms with Crippen LogP contribution in [0.25, 0.3) is 0 Å². The second kappa shape index (κ2) is 10.5. The molecule has 0 rings (SSSR count). The summed E-state index contributed by atoms with van der Waals surface area (Å²) in [6, 6.07) is 0. The molecule has 14 heavy (non-hydrogen) atoms. The van der Waals surface area contributed by atoms with Crippen LogP contribution in [0.15, 0.2) is 0 Å². The third-order valence-corrected chi connectivity index (χ3v) is 1.81. The van der Waals surface area contributed by atoms with Crippen molar-refractivity contribution in [1.82, 2.24) is 10.6 Å². The average Bonchev–Trinajstić information content (AvgIpc) is 2.18. The van der Waals surface area contributed by atoms with Crippen molar-refractivity contribution in [2.45, 2.75) is 26.2 Å². The Kier molecular flexibility index (Phi) is 10.0. The van der Waals surface area contributed by atoms with Crippen LogP contribution in [-0.2, 0) is 9.53 Å². The van der Waals surface area contributed by atoms with Gasteiger partial charge in [-0.3, -0.25) is 4.79 Å². The van der Waals surface area contributed by atoms with Crippen molar-refractivity contribution >= 4 is 5.91 Å². The molecular weight excluding hydrogens is 180 g/mol. The van der Waals surface area contributed by atoms with Gasteiger partial charge in [-0.1, -0.05) is 6.92 Å². The Labute approximate surface area is 86.4 Å². The minimum absolute atomic E-state index is 0.0795. The molecule has 1 amide bonds. The predicted octanol–water partition coefficient (Wildman–Crippen LogP) is 0.529. The number of rotatable bonds is 9. The van der Waals surface area contributed by atoms with Gasteiger partial charge in [0.25, 0.3) is 0 Å². The molecule has 0 radical (unpaired) electrons. The first-order chi connectivity index (χ1) is 6.81. The van der Waals surface area contributed by atoms with Crippen LogP contribution in [0.5, 0.6) is 0 Å². The number of unbranched alkanes of at least 4 members (excludes halogenated alkanes) is 1. The first-order valence-corrected chi connectivity index (χ1v) is 5.27. The fraction of sp³-hybridized carbons (Fsp3) is 0.900. The van der Waals surface area contributed by atoms with Crippen LogP contribution in [-0.4, -0.2) is 39.3 Å². The molecule has 0 aromatic heterocycles. The molecule has 0 atom stereocenters. The number of methoxy groups -OCH3 is 1. The molecule has 4 nitrogen and oxygen atoms in total. The highest BCUT2D eigenvalue weighted by molar-refractivity contribution is 5.77. The second-order valence-electron chi connectivity index (χ2n) is 3.23. The van der Waals surface area contributed by atoms with Crippen molar-refractivity contribution in [3.05, 3.63) is 0 Å². The van der Waals surface area contributed by atoms with Gasteiger partial charge in [0.1, 0.15) is 0 Å². The van der Waals surface area contributed by atoms with Crippen LogP contribution in [0.3, 0.4) is 0 Å². The van der Waals surface area contributed by atoms with E-state index in [0.29, 0.717) is 6.54 Å². The van der Waals surface area contributed by atoms with Crippen molar-refractivity contribution < 1.29 is 9.53 Å². The lowest BCUT2D eigenvalue weighted by Crippen LogP contribution is -2.34. The van der Waals surface area contributed by atoms with Gasteiger partial charge in [0.2, 0.25) is 5.91 Å². The second-order valence-corrected chi connectivity index (χ2v) is 3.23. The largest absolute Gasteiger partial charge is 0.385 e. The van der Waals surface area contributed by atoms with E-state index in [1.54, 1.807) is 7.11 Å². The summed E-state index contributed by atoms with van der Waals surface area (Å²) in [6.07, 6.45) is 3.04. The summed E-state index contributed by atoms with van der Waals surface area (Å²) >= 11 is 0. The van der Waals surface area contributed by atoms with Gasteiger partial charge in [0, 0.05) is 20.3 Å². The quantitative estimate of drug-likeness (QED) is 0.536. The van der Waals surface area contributed by atoms with Crippen molar-refractivity contribution in [2.75, 3.05) is 33.4 Å². The van der Waals surface area contributed by atoms with Gasteiger partial charge in [0.15, 0.2) is 0 Å². The van der Waals surface area contributed by atoms with Crippen molar-refractivity contribution in [3.8, 4) is 0 Å². The summed E-state index contributed by atoms with van der Waals surface area (Å²) in [5.74, 6) is 0.0795. The van der Waals surface area contributed by atoms with Crippen molar-refractivity contribution in [3.63, 3.8) is 0 Å². The maximum absolute atomic E-state index is 11.1. The van der Waals surface area contributed by atoms with E-state index >= 15 is 0 Å². The van der Waals surface area contributed by atoms with Gasteiger partial charge in [-0.2, -0.15) is 0 Å². The SMILES string of the molecule is CCCNCC(=O)NCCCCOC. The van der Waals surface area contributed by atoms with Gasteiger partial charge < -0.3 is 15.4 Å². The summed E-state index contributed by atoms with van der Waals surface area (Å²) in [7, 11) is 1.69. The number of hydrogen-bond acceptors (Lipinski definition) is 3. The average molecular weight is 202 g/mol. The first-order valence-electron chi connectivity index (χ1n) is 5.27. The van der Waals surface area contributed by atoms with Crippen LogP contribution in [0, 0.1) is 0 Å². The molecule has 0 spiro atoms. The predicted molar refractivity (Wildman–Crippen MR) is 57.3 cm³/mol. The molecule has 0 heterocycles. The van der Waals surface area contributed by atoms with Gasteiger partial charge >= 0.3 is 0 Å². The van der Waals surface area contributed by atoms with E-state index in [1.165, 1.54) is 0 Å². The third-order valence-electron chi connectivity index (χ3n) is 1.81. The van der Waals surface area contributed by atoms with E-state index < -0.39 is 0 Å². The highest BCUT2D eigenvalue weighted by atomic mass is 16.5. The Morgan fingerprint density at radius 3 is 2.71 bits per heavy atom. The van der Waals surface area contributed by atoms with Gasteiger partial charge in [0.05, 0.1) is 6.54 Å². The number of hydrogen-bond donors (Lipinski definition) is 2. The van der Waals surface area contributed by atoms with Crippen LogP contribution < -0.4 is 10.6 Å². The zero-order valence-corrected chi connectivity index (χ0v) is 9.27. The summed E-state index contributed by atoms with van der Waals surface area (Å²) in [4.78, 5) is 11.1. The Bertz CT molecular complexity index is 140. The van der Waals surface area contributed by atoms with Crippen LogP contribution in [0.2, 0.25) is 0 Å². The minimum Gasteiger partial charge on any atom is -0.385 e. The molecule has 0 bridgehead atoms. The van der Waals surface area contributed by atoms with Crippen LogP contribution >= 0.6 is 0 Å². The summed E-state index contributed by atoms with van der Waals surface area (Å²) in [5, 5.41) is 5.89. The monoisotopic (exact) mass is 202 g/mol. The zero-order valence-electron chi connectivity index (χ0n) is 9.27. The summed E-state index contributed by atoms with van der Waals surface area (Å²) < 4.78 is 4.90. The molecule has 2 N–H and O–H groups in total. The van der Waals surface area contributed by atoms with E-state index in [1.807, 2.05) is 0 Å². The lowest BCUT2D eigenvalue weighted by Gasteiger charge is -2.05. The first kappa shape index (κ1) is 13.4. The summed E-state index contributed by atoms with van der Waals surface area (Å²) in [5.41, 5.74) is 0. The molecule has 0 saturated heterocycles. The molecule has 0 aromatic carbocycles. The maximum atomic E-state index is 11.1. The number of nitrogens with one attached hydrogen (secondary N) is 2. The Balaban J connectivity index is 3.10. The molecule has 4 heteroatoms. The molecule has 0 aliphatic heterocycles. The standard InChI is InChI=1S/C10H22N2O2/c1-3-6-11-9-10(13)12-7-4-5-8-14-2/h11H,3-9H2,1-2H3,(H,12,13).